The van der Waals surface area contributed by atoms with Crippen LogP contribution in [0.1, 0.15) is 37.7 Å². The maximum Gasteiger partial charge on any atom is 0.240 e. The van der Waals surface area contributed by atoms with Crippen molar-refractivity contribution in [3.8, 4) is 11.5 Å². The van der Waals surface area contributed by atoms with Crippen molar-refractivity contribution in [2.24, 2.45) is 5.73 Å². The summed E-state index contributed by atoms with van der Waals surface area (Å²) in [6.07, 6.45) is 5.45. The molecule has 1 fully saturated rings. The maximum absolute atomic E-state index is 12.3. The molecule has 0 radical (unpaired) electrons. The number of halogens is 2. The van der Waals surface area contributed by atoms with E-state index in [1.54, 1.807) is 0 Å². The molecule has 5 nitrogen and oxygen atoms in total. The molecule has 134 valence electrons. The summed E-state index contributed by atoms with van der Waals surface area (Å²) in [4.78, 5) is 12.3. The van der Waals surface area contributed by atoms with Crippen molar-refractivity contribution in [2.75, 3.05) is 19.8 Å². The third-order valence-corrected chi connectivity index (χ3v) is 4.83. The lowest BCUT2D eigenvalue weighted by molar-refractivity contribution is -0.127. The number of carbonyl (C=O) groups excluding carboxylic acids is 1. The fourth-order valence-corrected chi connectivity index (χ4v) is 3.50. The minimum atomic E-state index is -0.692. The Kier molecular flexibility index (Phi) is 6.61. The Balaban J connectivity index is 0.00000208. The van der Waals surface area contributed by atoms with Gasteiger partial charge in [0.25, 0.3) is 0 Å². The topological polar surface area (TPSA) is 73.6 Å². The van der Waals surface area contributed by atoms with E-state index in [0.29, 0.717) is 42.7 Å². The molecule has 7 heteroatoms. The van der Waals surface area contributed by atoms with Crippen molar-refractivity contribution in [1.29, 1.82) is 0 Å². The highest BCUT2D eigenvalue weighted by atomic mass is 35.5. The number of carbonyl (C=O) groups is 1. The highest BCUT2D eigenvalue weighted by molar-refractivity contribution is 6.32. The molecule has 2 aliphatic rings. The minimum absolute atomic E-state index is 0. The van der Waals surface area contributed by atoms with Crippen LogP contribution in [0.15, 0.2) is 12.1 Å². The number of hydrogen-bond acceptors (Lipinski definition) is 4. The van der Waals surface area contributed by atoms with E-state index in [9.17, 15) is 4.79 Å². The largest absolute Gasteiger partial charge is 0.486 e. The number of benzene rings is 1. The Bertz CT molecular complexity index is 589. The van der Waals surface area contributed by atoms with E-state index < -0.39 is 5.54 Å². The first-order valence-electron chi connectivity index (χ1n) is 8.24. The summed E-state index contributed by atoms with van der Waals surface area (Å²) in [5, 5.41) is 3.51. The van der Waals surface area contributed by atoms with Gasteiger partial charge in [-0.2, -0.15) is 0 Å². The van der Waals surface area contributed by atoms with Gasteiger partial charge in [0.15, 0.2) is 11.5 Å². The lowest BCUT2D eigenvalue weighted by Gasteiger charge is -2.31. The van der Waals surface area contributed by atoms with Crippen molar-refractivity contribution in [3.63, 3.8) is 0 Å². The fraction of sp³-hybridized carbons (Fsp3) is 0.588. The Morgan fingerprint density at radius 1 is 1.21 bits per heavy atom. The van der Waals surface area contributed by atoms with Gasteiger partial charge >= 0.3 is 0 Å². The molecule has 3 N–H and O–H groups in total. The first kappa shape index (κ1) is 19.2. The average Bonchev–Trinajstić information content (AvgIpc) is 2.55. The van der Waals surface area contributed by atoms with Gasteiger partial charge in [0.2, 0.25) is 5.91 Å². The third kappa shape index (κ3) is 4.26. The molecule has 1 saturated carbocycles. The van der Waals surface area contributed by atoms with E-state index in [2.05, 4.69) is 5.32 Å². The van der Waals surface area contributed by atoms with Gasteiger partial charge < -0.3 is 20.5 Å². The summed E-state index contributed by atoms with van der Waals surface area (Å²) in [5.41, 5.74) is 6.54. The molecule has 0 spiro atoms. The van der Waals surface area contributed by atoms with Gasteiger partial charge in [-0.3, -0.25) is 4.79 Å². The van der Waals surface area contributed by atoms with E-state index in [1.165, 1.54) is 6.42 Å². The summed E-state index contributed by atoms with van der Waals surface area (Å²) in [7, 11) is 0. The highest BCUT2D eigenvalue weighted by Gasteiger charge is 2.34. The average molecular weight is 375 g/mol. The van der Waals surface area contributed by atoms with Crippen molar-refractivity contribution in [2.45, 2.75) is 44.1 Å². The van der Waals surface area contributed by atoms with Gasteiger partial charge in [0.05, 0.1) is 10.6 Å². The van der Waals surface area contributed by atoms with E-state index in [4.69, 9.17) is 26.8 Å². The van der Waals surface area contributed by atoms with Crippen molar-refractivity contribution in [1.82, 2.24) is 5.32 Å². The third-order valence-electron chi connectivity index (χ3n) is 4.55. The molecule has 0 aromatic heterocycles. The number of fused-ring (bicyclic) bond motifs is 1. The van der Waals surface area contributed by atoms with Crippen LogP contribution in [0.5, 0.6) is 11.5 Å². The number of rotatable bonds is 4. The fourth-order valence-electron chi connectivity index (χ4n) is 3.21. The molecular weight excluding hydrogens is 351 g/mol. The van der Waals surface area contributed by atoms with Crippen LogP contribution in [-0.4, -0.2) is 31.2 Å². The molecule has 1 aromatic carbocycles. The van der Waals surface area contributed by atoms with Gasteiger partial charge in [-0.25, -0.2) is 0 Å². The molecule has 1 heterocycles. The molecule has 1 aromatic rings. The molecule has 0 unspecified atom stereocenters. The Morgan fingerprint density at radius 3 is 2.67 bits per heavy atom. The highest BCUT2D eigenvalue weighted by Crippen LogP contribution is 2.38. The predicted molar refractivity (Wildman–Crippen MR) is 96.4 cm³/mol. The van der Waals surface area contributed by atoms with Crippen LogP contribution >= 0.6 is 24.0 Å². The Morgan fingerprint density at radius 2 is 1.92 bits per heavy atom. The second kappa shape index (κ2) is 8.28. The Labute approximate surface area is 153 Å². The second-order valence-corrected chi connectivity index (χ2v) is 6.73. The van der Waals surface area contributed by atoms with Crippen molar-refractivity contribution >= 4 is 29.9 Å². The molecule has 1 aliphatic carbocycles. The first-order valence-corrected chi connectivity index (χ1v) is 8.61. The zero-order valence-electron chi connectivity index (χ0n) is 13.6. The smallest absolute Gasteiger partial charge is 0.240 e. The van der Waals surface area contributed by atoms with E-state index >= 15 is 0 Å². The lowest BCUT2D eigenvalue weighted by atomic mass is 9.82. The molecular formula is C17H24Cl2N2O3. The molecule has 1 aliphatic heterocycles. The van der Waals surface area contributed by atoms with E-state index in [0.717, 1.165) is 31.2 Å². The zero-order chi connectivity index (χ0) is 16.3. The van der Waals surface area contributed by atoms with Crippen LogP contribution in [0.4, 0.5) is 0 Å². The monoisotopic (exact) mass is 374 g/mol. The molecule has 0 atom stereocenters. The first-order chi connectivity index (χ1) is 11.1. The van der Waals surface area contributed by atoms with Gasteiger partial charge in [-0.15, -0.1) is 12.4 Å². The molecule has 24 heavy (non-hydrogen) atoms. The maximum atomic E-state index is 12.3. The van der Waals surface area contributed by atoms with Crippen LogP contribution in [-0.2, 0) is 11.2 Å². The van der Waals surface area contributed by atoms with Crippen LogP contribution in [0.3, 0.4) is 0 Å². The van der Waals surface area contributed by atoms with Crippen LogP contribution in [0.25, 0.3) is 0 Å². The van der Waals surface area contributed by atoms with Gasteiger partial charge in [0.1, 0.15) is 13.2 Å². The van der Waals surface area contributed by atoms with Crippen molar-refractivity contribution in [3.05, 3.63) is 22.7 Å². The van der Waals surface area contributed by atoms with Gasteiger partial charge in [0, 0.05) is 6.54 Å². The lowest BCUT2D eigenvalue weighted by Crippen LogP contribution is -2.55. The SMILES string of the molecule is Cl.NC1(C(=O)NCCc2cc(Cl)c3c(c2)OCCO3)CCCCC1. The quantitative estimate of drug-likeness (QED) is 0.849. The number of ether oxygens (including phenoxy) is 2. The summed E-state index contributed by atoms with van der Waals surface area (Å²) in [6.45, 7) is 1.58. The normalized spacial score (nSPS) is 18.4. The number of amides is 1. The molecule has 3 rings (SSSR count). The van der Waals surface area contributed by atoms with Crippen LogP contribution < -0.4 is 20.5 Å². The minimum Gasteiger partial charge on any atom is -0.486 e. The van der Waals surface area contributed by atoms with Crippen LogP contribution in [0.2, 0.25) is 5.02 Å². The van der Waals surface area contributed by atoms with Crippen molar-refractivity contribution < 1.29 is 14.3 Å². The second-order valence-electron chi connectivity index (χ2n) is 6.32. The summed E-state index contributed by atoms with van der Waals surface area (Å²) in [6, 6.07) is 3.78. The van der Waals surface area contributed by atoms with Gasteiger partial charge in [-0.05, 0) is 37.0 Å². The number of hydrogen-bond donors (Lipinski definition) is 2. The van der Waals surface area contributed by atoms with Gasteiger partial charge in [-0.1, -0.05) is 30.9 Å². The molecule has 0 bridgehead atoms. The summed E-state index contributed by atoms with van der Waals surface area (Å²) < 4.78 is 11.1. The van der Waals surface area contributed by atoms with Crippen LogP contribution in [0, 0.1) is 0 Å². The van der Waals surface area contributed by atoms with E-state index in [1.807, 2.05) is 12.1 Å². The summed E-state index contributed by atoms with van der Waals surface area (Å²) in [5.74, 6) is 1.24. The predicted octanol–water partition coefficient (Wildman–Crippen LogP) is 2.85. The standard InChI is InChI=1S/C17H23ClN2O3.ClH/c18-13-10-12(11-14-15(13)23-9-8-22-14)4-7-20-16(21)17(19)5-2-1-3-6-17;/h10-11H,1-9,19H2,(H,20,21);1H. The number of nitrogens with one attached hydrogen (secondary N) is 1. The molecule has 0 saturated heterocycles. The Hall–Kier alpha value is -1.17. The molecule has 1 amide bonds. The number of nitrogens with two attached hydrogens (primary N) is 1. The zero-order valence-corrected chi connectivity index (χ0v) is 15.2. The van der Waals surface area contributed by atoms with E-state index in [-0.39, 0.29) is 18.3 Å². The summed E-state index contributed by atoms with van der Waals surface area (Å²) >= 11 is 6.22.